The second kappa shape index (κ2) is 7.60. The van der Waals surface area contributed by atoms with Gasteiger partial charge >= 0.3 is 12.6 Å². The van der Waals surface area contributed by atoms with E-state index in [0.29, 0.717) is 10.4 Å². The number of ether oxygens (including phenoxy) is 1. The molecule has 1 unspecified atom stereocenters. The lowest BCUT2D eigenvalue weighted by molar-refractivity contribution is -0.142. The number of alkyl halides is 2. The summed E-state index contributed by atoms with van der Waals surface area (Å²) in [6.45, 7) is -0.100. The molecule has 2 N–H and O–H groups in total. The minimum atomic E-state index is -3.05. The first kappa shape index (κ1) is 18.9. The number of aryl methyl sites for hydroxylation is 1. The van der Waals surface area contributed by atoms with E-state index in [4.69, 9.17) is 0 Å². The van der Waals surface area contributed by atoms with Gasteiger partial charge in [0.2, 0.25) is 0 Å². The lowest BCUT2D eigenvalue weighted by atomic mass is 9.82. The Morgan fingerprint density at radius 3 is 2.52 bits per heavy atom. The Kier molecular flexibility index (Phi) is 5.73. The standard InChI is InChI=1S/C17H17F2NO4S/c1-10-8-12(24-16(18)19)13(25-10)14(21)20-9-17(2,15(22)23)11-6-4-3-5-7-11/h3-8,16H,9H2,1-2H3,(H,20,21)(H,22,23). The quantitative estimate of drug-likeness (QED) is 0.784. The third kappa shape index (κ3) is 4.33. The molecule has 25 heavy (non-hydrogen) atoms. The number of carbonyl (C=O) groups excluding carboxylic acids is 1. The number of benzene rings is 1. The van der Waals surface area contributed by atoms with Crippen molar-refractivity contribution in [2.24, 2.45) is 0 Å². The van der Waals surface area contributed by atoms with Crippen LogP contribution in [0.1, 0.15) is 27.0 Å². The minimum absolute atomic E-state index is 0.0152. The molecule has 0 aliphatic rings. The summed E-state index contributed by atoms with van der Waals surface area (Å²) in [5, 5.41) is 12.1. The fourth-order valence-electron chi connectivity index (χ4n) is 2.28. The molecule has 1 aromatic heterocycles. The van der Waals surface area contributed by atoms with E-state index in [0.717, 1.165) is 11.3 Å². The molecule has 8 heteroatoms. The van der Waals surface area contributed by atoms with Crippen LogP contribution in [0.15, 0.2) is 36.4 Å². The number of hydrogen-bond donors (Lipinski definition) is 2. The highest BCUT2D eigenvalue weighted by molar-refractivity contribution is 7.14. The number of hydrogen-bond acceptors (Lipinski definition) is 4. The van der Waals surface area contributed by atoms with E-state index in [1.165, 1.54) is 13.0 Å². The zero-order chi connectivity index (χ0) is 18.6. The number of thiophene rings is 1. The maximum Gasteiger partial charge on any atom is 0.387 e. The Morgan fingerprint density at radius 2 is 1.96 bits per heavy atom. The van der Waals surface area contributed by atoms with Crippen molar-refractivity contribution < 1.29 is 28.2 Å². The van der Waals surface area contributed by atoms with Crippen LogP contribution in [-0.2, 0) is 10.2 Å². The Balaban J connectivity index is 2.19. The lowest BCUT2D eigenvalue weighted by Gasteiger charge is -2.25. The van der Waals surface area contributed by atoms with Gasteiger partial charge in [-0.15, -0.1) is 11.3 Å². The molecule has 0 spiro atoms. The van der Waals surface area contributed by atoms with Crippen molar-refractivity contribution in [2.75, 3.05) is 6.54 Å². The van der Waals surface area contributed by atoms with Gasteiger partial charge in [0, 0.05) is 11.4 Å². The molecule has 0 saturated heterocycles. The van der Waals surface area contributed by atoms with Gasteiger partial charge in [0.1, 0.15) is 16.0 Å². The first-order chi connectivity index (χ1) is 11.7. The van der Waals surface area contributed by atoms with Crippen molar-refractivity contribution in [3.63, 3.8) is 0 Å². The average molecular weight is 369 g/mol. The number of halogens is 2. The lowest BCUT2D eigenvalue weighted by Crippen LogP contribution is -2.44. The topological polar surface area (TPSA) is 75.6 Å². The summed E-state index contributed by atoms with van der Waals surface area (Å²) in [6.07, 6.45) is 0. The fourth-order valence-corrected chi connectivity index (χ4v) is 3.14. The van der Waals surface area contributed by atoms with E-state index in [1.807, 2.05) is 0 Å². The summed E-state index contributed by atoms with van der Waals surface area (Å²) in [7, 11) is 0. The van der Waals surface area contributed by atoms with Crippen LogP contribution in [0, 0.1) is 6.92 Å². The van der Waals surface area contributed by atoms with Gasteiger partial charge in [-0.25, -0.2) is 0 Å². The monoisotopic (exact) mass is 369 g/mol. The predicted octanol–water partition coefficient (Wildman–Crippen LogP) is 3.43. The predicted molar refractivity (Wildman–Crippen MR) is 89.5 cm³/mol. The smallest absolute Gasteiger partial charge is 0.387 e. The van der Waals surface area contributed by atoms with E-state index in [2.05, 4.69) is 10.1 Å². The highest BCUT2D eigenvalue weighted by Gasteiger charge is 2.36. The van der Waals surface area contributed by atoms with Gasteiger partial charge in [0.05, 0.1) is 0 Å². The summed E-state index contributed by atoms with van der Waals surface area (Å²) in [5.74, 6) is -1.98. The van der Waals surface area contributed by atoms with Crippen LogP contribution in [0.3, 0.4) is 0 Å². The number of carboxylic acids is 1. The number of rotatable bonds is 7. The third-order valence-electron chi connectivity index (χ3n) is 3.73. The number of amides is 1. The van der Waals surface area contributed by atoms with Crippen molar-refractivity contribution in [1.29, 1.82) is 0 Å². The van der Waals surface area contributed by atoms with Crippen molar-refractivity contribution in [3.8, 4) is 5.75 Å². The number of nitrogens with one attached hydrogen (secondary N) is 1. The average Bonchev–Trinajstić information content (AvgIpc) is 2.92. The van der Waals surface area contributed by atoms with E-state index < -0.39 is 23.9 Å². The van der Waals surface area contributed by atoms with Crippen molar-refractivity contribution in [1.82, 2.24) is 5.32 Å². The maximum atomic E-state index is 12.4. The molecule has 0 fully saturated rings. The first-order valence-electron chi connectivity index (χ1n) is 7.36. The van der Waals surface area contributed by atoms with E-state index in [1.54, 1.807) is 37.3 Å². The van der Waals surface area contributed by atoms with Crippen LogP contribution in [0.5, 0.6) is 5.75 Å². The maximum absolute atomic E-state index is 12.4. The molecule has 1 atom stereocenters. The molecule has 0 bridgehead atoms. The van der Waals surface area contributed by atoms with Crippen molar-refractivity contribution in [2.45, 2.75) is 25.9 Å². The van der Waals surface area contributed by atoms with Crippen molar-refractivity contribution in [3.05, 3.63) is 51.7 Å². The van der Waals surface area contributed by atoms with E-state index in [9.17, 15) is 23.5 Å². The molecule has 1 amide bonds. The van der Waals surface area contributed by atoms with Gasteiger partial charge in [0.15, 0.2) is 0 Å². The molecular formula is C17H17F2NO4S. The van der Waals surface area contributed by atoms with Crippen LogP contribution in [-0.4, -0.2) is 30.1 Å². The van der Waals surface area contributed by atoms with Gasteiger partial charge in [-0.05, 0) is 25.5 Å². The van der Waals surface area contributed by atoms with Gasteiger partial charge in [-0.2, -0.15) is 8.78 Å². The van der Waals surface area contributed by atoms with Crippen LogP contribution in [0.4, 0.5) is 8.78 Å². The van der Waals surface area contributed by atoms with Crippen LogP contribution in [0.25, 0.3) is 0 Å². The normalized spacial score (nSPS) is 13.3. The molecule has 134 valence electrons. The van der Waals surface area contributed by atoms with Gasteiger partial charge < -0.3 is 15.2 Å². The summed E-state index contributed by atoms with van der Waals surface area (Å²) in [5.41, 5.74) is -0.832. The molecule has 1 aromatic carbocycles. The number of aliphatic carboxylic acids is 1. The summed E-state index contributed by atoms with van der Waals surface area (Å²) < 4.78 is 29.2. The van der Waals surface area contributed by atoms with Gasteiger partial charge in [-0.1, -0.05) is 30.3 Å². The van der Waals surface area contributed by atoms with E-state index >= 15 is 0 Å². The Hall–Kier alpha value is -2.48. The molecule has 2 rings (SSSR count). The molecule has 0 aliphatic carbocycles. The summed E-state index contributed by atoms with van der Waals surface area (Å²) in [4.78, 5) is 24.7. The molecular weight excluding hydrogens is 352 g/mol. The zero-order valence-corrected chi connectivity index (χ0v) is 14.4. The molecule has 2 aromatic rings. The van der Waals surface area contributed by atoms with Gasteiger partial charge in [0.25, 0.3) is 5.91 Å². The van der Waals surface area contributed by atoms with Crippen LogP contribution >= 0.6 is 11.3 Å². The largest absolute Gasteiger partial charge is 0.481 e. The van der Waals surface area contributed by atoms with Crippen molar-refractivity contribution >= 4 is 23.2 Å². The second-order valence-electron chi connectivity index (χ2n) is 5.61. The number of carbonyl (C=O) groups is 2. The zero-order valence-electron chi connectivity index (χ0n) is 13.6. The van der Waals surface area contributed by atoms with Crippen LogP contribution < -0.4 is 10.1 Å². The first-order valence-corrected chi connectivity index (χ1v) is 8.18. The summed E-state index contributed by atoms with van der Waals surface area (Å²) in [6, 6.07) is 9.82. The summed E-state index contributed by atoms with van der Waals surface area (Å²) >= 11 is 1.00. The van der Waals surface area contributed by atoms with Crippen LogP contribution in [0.2, 0.25) is 0 Å². The molecule has 5 nitrogen and oxygen atoms in total. The molecule has 1 heterocycles. The van der Waals surface area contributed by atoms with Gasteiger partial charge in [-0.3, -0.25) is 9.59 Å². The Morgan fingerprint density at radius 1 is 1.32 bits per heavy atom. The Labute approximate surface area is 147 Å². The van der Waals surface area contributed by atoms with E-state index in [-0.39, 0.29) is 17.2 Å². The highest BCUT2D eigenvalue weighted by Crippen LogP contribution is 2.30. The molecule has 0 aliphatic heterocycles. The molecule has 0 saturated carbocycles. The number of carboxylic acid groups (broad SMARTS) is 1. The third-order valence-corrected chi connectivity index (χ3v) is 4.76. The second-order valence-corrected chi connectivity index (χ2v) is 6.87. The molecule has 0 radical (unpaired) electrons. The Bertz CT molecular complexity index is 763. The highest BCUT2D eigenvalue weighted by atomic mass is 32.1. The minimum Gasteiger partial charge on any atom is -0.481 e. The SMILES string of the molecule is Cc1cc(OC(F)F)c(C(=O)NCC(C)(C(=O)O)c2ccccc2)s1. The fraction of sp³-hybridized carbons (Fsp3) is 0.294.